The lowest BCUT2D eigenvalue weighted by Crippen LogP contribution is -2.51. The Morgan fingerprint density at radius 2 is 2.00 bits per heavy atom. The minimum atomic E-state index is -0.372. The van der Waals surface area contributed by atoms with Gasteiger partial charge >= 0.3 is 0 Å². The summed E-state index contributed by atoms with van der Waals surface area (Å²) in [7, 11) is 1.52. The second-order valence-electron chi connectivity index (χ2n) is 7.03. The quantitative estimate of drug-likeness (QED) is 0.904. The largest absolute Gasteiger partial charge is 0.480 e. The van der Waals surface area contributed by atoms with Crippen LogP contribution in [-0.4, -0.2) is 71.7 Å². The summed E-state index contributed by atoms with van der Waals surface area (Å²) < 4.78 is 5.17. The van der Waals surface area contributed by atoms with E-state index >= 15 is 0 Å². The summed E-state index contributed by atoms with van der Waals surface area (Å²) in [5.74, 6) is 0.314. The molecule has 2 rings (SSSR count). The first-order valence-corrected chi connectivity index (χ1v) is 8.01. The monoisotopic (exact) mass is 321 g/mol. The molecule has 0 bridgehead atoms. The van der Waals surface area contributed by atoms with Crippen molar-refractivity contribution < 1.29 is 14.6 Å². The van der Waals surface area contributed by atoms with Gasteiger partial charge in [0.2, 0.25) is 5.88 Å². The lowest BCUT2D eigenvalue weighted by atomic mass is 9.89. The first-order valence-electron chi connectivity index (χ1n) is 8.01. The lowest BCUT2D eigenvalue weighted by molar-refractivity contribution is 0.0136. The van der Waals surface area contributed by atoms with E-state index in [1.165, 1.54) is 7.11 Å². The summed E-state index contributed by atoms with van der Waals surface area (Å²) >= 11 is 0. The van der Waals surface area contributed by atoms with E-state index in [1.54, 1.807) is 18.3 Å². The number of carbonyl (C=O) groups is 1. The first kappa shape index (κ1) is 17.7. The average Bonchev–Trinajstić information content (AvgIpc) is 2.54. The van der Waals surface area contributed by atoms with Crippen LogP contribution >= 0.6 is 0 Å². The molecule has 1 aromatic heterocycles. The second-order valence-corrected chi connectivity index (χ2v) is 7.03. The highest BCUT2D eigenvalue weighted by atomic mass is 16.5. The Kier molecular flexibility index (Phi) is 5.59. The SMILES string of the molecule is COc1ncccc1C(=O)N1CCN(CC(O)C(C)(C)C)CC1. The highest BCUT2D eigenvalue weighted by molar-refractivity contribution is 5.96. The van der Waals surface area contributed by atoms with Crippen molar-refractivity contribution in [2.75, 3.05) is 39.8 Å². The minimum Gasteiger partial charge on any atom is -0.480 e. The molecule has 1 N–H and O–H groups in total. The molecule has 128 valence electrons. The molecule has 0 spiro atoms. The normalized spacial score (nSPS) is 17.9. The highest BCUT2D eigenvalue weighted by Gasteiger charge is 2.28. The zero-order chi connectivity index (χ0) is 17.0. The molecular formula is C17H27N3O3. The van der Waals surface area contributed by atoms with E-state index in [4.69, 9.17) is 4.74 Å². The first-order chi connectivity index (χ1) is 10.8. The second kappa shape index (κ2) is 7.27. The van der Waals surface area contributed by atoms with Crippen molar-refractivity contribution in [2.45, 2.75) is 26.9 Å². The maximum Gasteiger partial charge on any atom is 0.259 e. The summed E-state index contributed by atoms with van der Waals surface area (Å²) in [5.41, 5.74) is 0.369. The highest BCUT2D eigenvalue weighted by Crippen LogP contribution is 2.21. The number of aliphatic hydroxyl groups is 1. The van der Waals surface area contributed by atoms with E-state index in [1.807, 2.05) is 25.7 Å². The number of β-amino-alcohol motifs (C(OH)–C–C–N with tert-alkyl or cyclic N) is 1. The zero-order valence-corrected chi connectivity index (χ0v) is 14.5. The van der Waals surface area contributed by atoms with Gasteiger partial charge in [-0.05, 0) is 17.5 Å². The third-order valence-electron chi connectivity index (χ3n) is 4.29. The summed E-state index contributed by atoms with van der Waals surface area (Å²) in [4.78, 5) is 20.7. The van der Waals surface area contributed by atoms with Crippen LogP contribution in [0.15, 0.2) is 18.3 Å². The van der Waals surface area contributed by atoms with Crippen LogP contribution in [0.3, 0.4) is 0 Å². The van der Waals surface area contributed by atoms with E-state index in [-0.39, 0.29) is 17.4 Å². The van der Waals surface area contributed by atoms with Gasteiger partial charge in [-0.25, -0.2) is 4.98 Å². The molecule has 0 radical (unpaired) electrons. The maximum absolute atomic E-state index is 12.6. The van der Waals surface area contributed by atoms with Crippen LogP contribution in [0.4, 0.5) is 0 Å². The van der Waals surface area contributed by atoms with Crippen LogP contribution < -0.4 is 4.74 Å². The molecule has 0 aliphatic carbocycles. The van der Waals surface area contributed by atoms with Gasteiger partial charge in [-0.15, -0.1) is 0 Å². The molecule has 1 saturated heterocycles. The van der Waals surface area contributed by atoms with Crippen LogP contribution in [0.2, 0.25) is 0 Å². The molecule has 1 aliphatic heterocycles. The fraction of sp³-hybridized carbons (Fsp3) is 0.647. The maximum atomic E-state index is 12.6. The standard InChI is InChI=1S/C17H27N3O3/c1-17(2,3)14(21)12-19-8-10-20(11-9-19)16(22)13-6-5-7-18-15(13)23-4/h5-7,14,21H,8-12H2,1-4H3. The number of amides is 1. The van der Waals surface area contributed by atoms with Gasteiger partial charge in [0.05, 0.1) is 13.2 Å². The summed E-state index contributed by atoms with van der Waals surface area (Å²) in [6.07, 6.45) is 1.24. The molecule has 6 heteroatoms. The van der Waals surface area contributed by atoms with Gasteiger partial charge < -0.3 is 14.7 Å². The Morgan fingerprint density at radius 1 is 1.35 bits per heavy atom. The predicted molar refractivity (Wildman–Crippen MR) is 88.6 cm³/mol. The van der Waals surface area contributed by atoms with Crippen molar-refractivity contribution in [2.24, 2.45) is 5.41 Å². The van der Waals surface area contributed by atoms with E-state index in [9.17, 15) is 9.90 Å². The van der Waals surface area contributed by atoms with Crippen molar-refractivity contribution in [1.29, 1.82) is 0 Å². The van der Waals surface area contributed by atoms with Crippen molar-refractivity contribution in [3.05, 3.63) is 23.9 Å². The number of aromatic nitrogens is 1. The third kappa shape index (κ3) is 4.42. The van der Waals surface area contributed by atoms with Gasteiger partial charge in [-0.3, -0.25) is 9.69 Å². The van der Waals surface area contributed by atoms with Gasteiger partial charge in [-0.2, -0.15) is 0 Å². The third-order valence-corrected chi connectivity index (χ3v) is 4.29. The predicted octanol–water partition coefficient (Wildman–Crippen LogP) is 1.25. The molecule has 2 heterocycles. The van der Waals surface area contributed by atoms with Crippen molar-refractivity contribution >= 4 is 5.91 Å². The molecule has 1 fully saturated rings. The van der Waals surface area contributed by atoms with Crippen LogP contribution in [0.25, 0.3) is 0 Å². The van der Waals surface area contributed by atoms with Gasteiger partial charge in [-0.1, -0.05) is 20.8 Å². The summed E-state index contributed by atoms with van der Waals surface area (Å²) in [5, 5.41) is 10.2. The van der Waals surface area contributed by atoms with Gasteiger partial charge in [0.1, 0.15) is 5.56 Å². The number of piperazine rings is 1. The summed E-state index contributed by atoms with van der Waals surface area (Å²) in [6, 6.07) is 3.48. The number of methoxy groups -OCH3 is 1. The molecule has 1 amide bonds. The fourth-order valence-electron chi connectivity index (χ4n) is 2.54. The van der Waals surface area contributed by atoms with Crippen molar-refractivity contribution in [3.8, 4) is 5.88 Å². The Morgan fingerprint density at radius 3 is 2.57 bits per heavy atom. The van der Waals surface area contributed by atoms with Gasteiger partial charge in [0.15, 0.2) is 0 Å². The topological polar surface area (TPSA) is 65.9 Å². The van der Waals surface area contributed by atoms with Gasteiger partial charge in [0, 0.05) is 38.9 Å². The molecule has 1 aliphatic rings. The Labute approximate surface area is 138 Å². The number of hydrogen-bond acceptors (Lipinski definition) is 5. The van der Waals surface area contributed by atoms with E-state index < -0.39 is 0 Å². The molecule has 1 aromatic rings. The minimum absolute atomic E-state index is 0.0500. The number of rotatable bonds is 4. The van der Waals surface area contributed by atoms with Crippen LogP contribution in [0.1, 0.15) is 31.1 Å². The number of aliphatic hydroxyl groups excluding tert-OH is 1. The van der Waals surface area contributed by atoms with E-state index in [0.29, 0.717) is 31.1 Å². The number of nitrogens with zero attached hydrogens (tertiary/aromatic N) is 3. The number of hydrogen-bond donors (Lipinski definition) is 1. The van der Waals surface area contributed by atoms with Crippen LogP contribution in [0, 0.1) is 5.41 Å². The zero-order valence-electron chi connectivity index (χ0n) is 14.5. The molecule has 1 unspecified atom stereocenters. The van der Waals surface area contributed by atoms with Gasteiger partial charge in [0.25, 0.3) is 5.91 Å². The van der Waals surface area contributed by atoms with E-state index in [2.05, 4.69) is 9.88 Å². The Hall–Kier alpha value is -1.66. The van der Waals surface area contributed by atoms with Crippen LogP contribution in [0.5, 0.6) is 5.88 Å². The molecule has 1 atom stereocenters. The number of pyridine rings is 1. The average molecular weight is 321 g/mol. The lowest BCUT2D eigenvalue weighted by Gasteiger charge is -2.38. The fourth-order valence-corrected chi connectivity index (χ4v) is 2.54. The van der Waals surface area contributed by atoms with Crippen molar-refractivity contribution in [1.82, 2.24) is 14.8 Å². The molecular weight excluding hydrogens is 294 g/mol. The molecule has 0 saturated carbocycles. The molecule has 23 heavy (non-hydrogen) atoms. The van der Waals surface area contributed by atoms with Crippen LogP contribution in [-0.2, 0) is 0 Å². The molecule has 0 aromatic carbocycles. The molecule has 6 nitrogen and oxygen atoms in total. The summed E-state index contributed by atoms with van der Waals surface area (Å²) in [6.45, 7) is 9.57. The smallest absolute Gasteiger partial charge is 0.259 e. The number of ether oxygens (including phenoxy) is 1. The Balaban J connectivity index is 1.93. The Bertz CT molecular complexity index is 534. The van der Waals surface area contributed by atoms with E-state index in [0.717, 1.165) is 13.1 Å². The number of carbonyl (C=O) groups excluding carboxylic acids is 1. The van der Waals surface area contributed by atoms with Crippen molar-refractivity contribution in [3.63, 3.8) is 0 Å².